The van der Waals surface area contributed by atoms with Gasteiger partial charge >= 0.3 is 0 Å². The van der Waals surface area contributed by atoms with Crippen LogP contribution in [0.25, 0.3) is 0 Å². The van der Waals surface area contributed by atoms with Crippen molar-refractivity contribution in [1.29, 1.82) is 0 Å². The molecule has 1 aliphatic heterocycles. The van der Waals surface area contributed by atoms with Gasteiger partial charge in [-0.15, -0.1) is 4.40 Å². The van der Waals surface area contributed by atoms with Crippen molar-refractivity contribution in [2.45, 2.75) is 37.5 Å². The third-order valence-electron chi connectivity index (χ3n) is 5.89. The van der Waals surface area contributed by atoms with Crippen LogP contribution in [0.3, 0.4) is 0 Å². The fraction of sp³-hybridized carbons (Fsp3) is 0.400. The Hall–Kier alpha value is -2.50. The molecule has 2 aromatic rings. The van der Waals surface area contributed by atoms with Gasteiger partial charge < -0.3 is 14.8 Å². The highest BCUT2D eigenvalue weighted by Gasteiger charge is 2.29. The van der Waals surface area contributed by atoms with Gasteiger partial charge in [-0.3, -0.25) is 0 Å². The van der Waals surface area contributed by atoms with Crippen LogP contribution in [0.2, 0.25) is 0 Å². The number of allylic oxidation sites excluding steroid dienone is 1. The zero-order valence-corrected chi connectivity index (χ0v) is 21.9. The number of nitrogens with zero attached hydrogens (tertiary/aromatic N) is 1. The van der Waals surface area contributed by atoms with Gasteiger partial charge in [0.05, 0.1) is 13.2 Å². The summed E-state index contributed by atoms with van der Waals surface area (Å²) in [6.07, 6.45) is 4.64. The quantitative estimate of drug-likeness (QED) is 0.345. The van der Waals surface area contributed by atoms with Crippen LogP contribution in [0.15, 0.2) is 57.5 Å². The van der Waals surface area contributed by atoms with Crippen LogP contribution in [0.4, 0.5) is 13.2 Å². The fourth-order valence-corrected chi connectivity index (χ4v) is 5.39. The maximum atomic E-state index is 14.8. The number of sulfonamides is 1. The maximum Gasteiger partial charge on any atom is 0.287 e. The molecule has 196 valence electrons. The number of hydrogen-bond donors (Lipinski definition) is 1. The lowest BCUT2D eigenvalue weighted by atomic mass is 9.83. The molecule has 0 bridgehead atoms. The van der Waals surface area contributed by atoms with Crippen LogP contribution in [-0.4, -0.2) is 39.7 Å². The highest BCUT2D eigenvalue weighted by atomic mass is 32.2. The van der Waals surface area contributed by atoms with Crippen LogP contribution in [-0.2, 0) is 14.8 Å². The normalized spacial score (nSPS) is 19.3. The Morgan fingerprint density at radius 3 is 2.61 bits per heavy atom. The highest BCUT2D eigenvalue weighted by molar-refractivity contribution is 8.13. The average Bonchev–Trinajstić information content (AvgIpc) is 2.87. The van der Waals surface area contributed by atoms with Crippen LogP contribution >= 0.6 is 11.8 Å². The molecule has 0 aliphatic carbocycles. The summed E-state index contributed by atoms with van der Waals surface area (Å²) in [6, 6.07) is 7.41. The molecule has 0 spiro atoms. The van der Waals surface area contributed by atoms with Crippen molar-refractivity contribution in [1.82, 2.24) is 5.32 Å². The number of ether oxygens (including phenoxy) is 2. The molecular weight excluding hydrogens is 513 g/mol. The first-order chi connectivity index (χ1) is 17.1. The second kappa shape index (κ2) is 12.6. The van der Waals surface area contributed by atoms with Crippen LogP contribution < -0.4 is 10.1 Å². The van der Waals surface area contributed by atoms with Gasteiger partial charge in [-0.2, -0.15) is 8.42 Å². The van der Waals surface area contributed by atoms with E-state index < -0.39 is 32.3 Å². The number of rotatable bonds is 8. The molecule has 0 aromatic heterocycles. The highest BCUT2D eigenvalue weighted by Crippen LogP contribution is 2.34. The lowest BCUT2D eigenvalue weighted by molar-refractivity contribution is 0.0199. The summed E-state index contributed by atoms with van der Waals surface area (Å²) in [5, 5.41) is 2.79. The van der Waals surface area contributed by atoms with Crippen molar-refractivity contribution in [3.63, 3.8) is 0 Å². The molecule has 3 rings (SSSR count). The van der Waals surface area contributed by atoms with Crippen molar-refractivity contribution < 1.29 is 31.1 Å². The summed E-state index contributed by atoms with van der Waals surface area (Å²) in [6.45, 7) is 4.66. The summed E-state index contributed by atoms with van der Waals surface area (Å²) in [5.41, 5.74) is 1.86. The molecule has 0 radical (unpaired) electrons. The van der Waals surface area contributed by atoms with Gasteiger partial charge in [0, 0.05) is 30.9 Å². The van der Waals surface area contributed by atoms with Crippen molar-refractivity contribution in [3.05, 3.63) is 71.2 Å². The molecule has 11 heteroatoms. The average molecular weight is 543 g/mol. The molecule has 36 heavy (non-hydrogen) atoms. The first-order valence-electron chi connectivity index (χ1n) is 11.4. The van der Waals surface area contributed by atoms with E-state index in [-0.39, 0.29) is 29.4 Å². The summed E-state index contributed by atoms with van der Waals surface area (Å²) in [4.78, 5) is -0.887. The summed E-state index contributed by atoms with van der Waals surface area (Å²) in [5.74, 6) is -3.16. The van der Waals surface area contributed by atoms with Gasteiger partial charge in [-0.1, -0.05) is 36.4 Å². The Bertz CT molecular complexity index is 1220. The smallest absolute Gasteiger partial charge is 0.287 e. The molecule has 2 unspecified atom stereocenters. The monoisotopic (exact) mass is 542 g/mol. The second-order valence-corrected chi connectivity index (χ2v) is 10.7. The predicted molar refractivity (Wildman–Crippen MR) is 135 cm³/mol. The number of amidine groups is 1. The SMILES string of the molecule is CCC(C)=CNC(=NS(=O)(=O)c1cc(F)c(OCC2COCCC2c2ccc(F)cc2)cc1F)SC. The molecule has 1 aliphatic rings. The van der Waals surface area contributed by atoms with E-state index in [9.17, 15) is 21.6 Å². The maximum absolute atomic E-state index is 14.8. The summed E-state index contributed by atoms with van der Waals surface area (Å²) in [7, 11) is -4.53. The van der Waals surface area contributed by atoms with E-state index in [0.717, 1.165) is 29.3 Å². The molecule has 2 aromatic carbocycles. The van der Waals surface area contributed by atoms with Crippen molar-refractivity contribution in [2.24, 2.45) is 10.3 Å². The number of benzene rings is 2. The third-order valence-corrected chi connectivity index (χ3v) is 7.89. The minimum atomic E-state index is -4.53. The largest absolute Gasteiger partial charge is 0.490 e. The minimum Gasteiger partial charge on any atom is -0.490 e. The van der Waals surface area contributed by atoms with Crippen molar-refractivity contribution >= 4 is 27.0 Å². The Kier molecular flexibility index (Phi) is 9.86. The first-order valence-corrected chi connectivity index (χ1v) is 14.1. The zero-order chi connectivity index (χ0) is 26.3. The van der Waals surface area contributed by atoms with Crippen LogP contribution in [0, 0.1) is 23.4 Å². The Labute approximate surface area is 214 Å². The van der Waals surface area contributed by atoms with E-state index in [1.807, 2.05) is 13.8 Å². The number of thioether (sulfide) groups is 1. The lowest BCUT2D eigenvalue weighted by Crippen LogP contribution is -2.30. The van der Waals surface area contributed by atoms with E-state index in [1.165, 1.54) is 12.1 Å². The van der Waals surface area contributed by atoms with Gasteiger partial charge in [0.1, 0.15) is 16.5 Å². The molecule has 1 fully saturated rings. The molecule has 1 heterocycles. The van der Waals surface area contributed by atoms with Gasteiger partial charge in [0.2, 0.25) is 0 Å². The van der Waals surface area contributed by atoms with E-state index >= 15 is 0 Å². The summed E-state index contributed by atoms with van der Waals surface area (Å²) < 4.78 is 82.9. The first kappa shape index (κ1) is 28.1. The minimum absolute atomic E-state index is 0.00626. The van der Waals surface area contributed by atoms with Crippen LogP contribution in [0.1, 0.15) is 38.2 Å². The van der Waals surface area contributed by atoms with Crippen molar-refractivity contribution in [2.75, 3.05) is 26.1 Å². The molecule has 2 atom stereocenters. The molecule has 1 saturated heterocycles. The Balaban J connectivity index is 1.77. The Morgan fingerprint density at radius 1 is 1.22 bits per heavy atom. The van der Waals surface area contributed by atoms with E-state index in [0.29, 0.717) is 31.8 Å². The van der Waals surface area contributed by atoms with Crippen LogP contribution in [0.5, 0.6) is 5.75 Å². The van der Waals surface area contributed by atoms with Gasteiger partial charge in [-0.05, 0) is 49.6 Å². The fourth-order valence-electron chi connectivity index (χ4n) is 3.69. The van der Waals surface area contributed by atoms with E-state index in [1.54, 1.807) is 24.6 Å². The van der Waals surface area contributed by atoms with Gasteiger partial charge in [0.15, 0.2) is 16.7 Å². The predicted octanol–water partition coefficient (Wildman–Crippen LogP) is 5.61. The molecule has 0 amide bonds. The van der Waals surface area contributed by atoms with Crippen molar-refractivity contribution in [3.8, 4) is 5.75 Å². The van der Waals surface area contributed by atoms with Gasteiger partial charge in [-0.25, -0.2) is 13.2 Å². The summed E-state index contributed by atoms with van der Waals surface area (Å²) >= 11 is 1.02. The Morgan fingerprint density at radius 2 is 1.94 bits per heavy atom. The lowest BCUT2D eigenvalue weighted by Gasteiger charge is -2.31. The standard InChI is InChI=1S/C25H29F3N2O4S2/c1-4-16(2)13-29-25(35-3)30-36(31,32)24-12-21(27)23(11-22(24)28)34-15-18-14-33-10-9-20(18)17-5-7-19(26)8-6-17/h5-8,11-13,18,20H,4,9-10,14-15H2,1-3H3,(H,29,30). The number of nitrogens with one attached hydrogen (secondary N) is 1. The van der Waals surface area contributed by atoms with E-state index in [2.05, 4.69) is 9.71 Å². The zero-order valence-electron chi connectivity index (χ0n) is 20.3. The molecule has 6 nitrogen and oxygen atoms in total. The topological polar surface area (TPSA) is 77.0 Å². The second-order valence-electron chi connectivity index (χ2n) is 8.37. The number of hydrogen-bond acceptors (Lipinski definition) is 5. The molecule has 0 saturated carbocycles. The number of halogens is 3. The van der Waals surface area contributed by atoms with E-state index in [4.69, 9.17) is 9.47 Å². The third kappa shape index (κ3) is 7.27. The molecular formula is C25H29F3N2O4S2. The van der Waals surface area contributed by atoms with Gasteiger partial charge in [0.25, 0.3) is 10.0 Å². The molecule has 1 N–H and O–H groups in total.